The Labute approximate surface area is 215 Å². The van der Waals surface area contributed by atoms with Crippen molar-refractivity contribution in [1.29, 1.82) is 0 Å². The van der Waals surface area contributed by atoms with E-state index < -0.39 is 15.9 Å². The van der Waals surface area contributed by atoms with E-state index in [0.29, 0.717) is 41.5 Å². The van der Waals surface area contributed by atoms with E-state index in [0.717, 1.165) is 16.6 Å². The van der Waals surface area contributed by atoms with Crippen LogP contribution in [0.3, 0.4) is 0 Å². The molecule has 36 heavy (non-hydrogen) atoms. The molecular formula is C25H31N3O6S2. The van der Waals surface area contributed by atoms with Gasteiger partial charge in [0.1, 0.15) is 0 Å². The highest BCUT2D eigenvalue weighted by Gasteiger charge is 2.32. The van der Waals surface area contributed by atoms with Crippen LogP contribution in [0.1, 0.15) is 37.6 Å². The number of carbonyl (C=O) groups is 1. The molecule has 1 aromatic heterocycles. The molecule has 0 unspecified atom stereocenters. The minimum absolute atomic E-state index is 0.141. The molecule has 0 N–H and O–H groups in total. The van der Waals surface area contributed by atoms with Crippen molar-refractivity contribution in [3.05, 3.63) is 46.8 Å². The van der Waals surface area contributed by atoms with Crippen molar-refractivity contribution < 1.29 is 27.4 Å². The number of hydrogen-bond donors (Lipinski definition) is 0. The summed E-state index contributed by atoms with van der Waals surface area (Å²) in [6.45, 7) is 7.02. The molecule has 2 atom stereocenters. The minimum Gasteiger partial charge on any atom is -0.493 e. The summed E-state index contributed by atoms with van der Waals surface area (Å²) < 4.78 is 47.1. The van der Waals surface area contributed by atoms with E-state index in [1.807, 2.05) is 30.5 Å². The number of amides is 1. The van der Waals surface area contributed by atoms with Crippen LogP contribution in [-0.2, 0) is 21.3 Å². The Morgan fingerprint density at radius 3 is 2.28 bits per heavy atom. The molecule has 0 aliphatic carbocycles. The van der Waals surface area contributed by atoms with Crippen molar-refractivity contribution in [2.24, 2.45) is 4.99 Å². The van der Waals surface area contributed by atoms with Crippen LogP contribution in [0, 0.1) is 0 Å². The zero-order valence-corrected chi connectivity index (χ0v) is 22.7. The van der Waals surface area contributed by atoms with Gasteiger partial charge in [0.25, 0.3) is 5.91 Å². The molecule has 1 aliphatic heterocycles. The molecule has 4 rings (SSSR count). The number of fused-ring (bicyclic) bond motifs is 1. The maximum Gasteiger partial charge on any atom is 0.279 e. The van der Waals surface area contributed by atoms with Gasteiger partial charge >= 0.3 is 0 Å². The number of sulfonamides is 1. The quantitative estimate of drug-likeness (QED) is 0.460. The lowest BCUT2D eigenvalue weighted by Gasteiger charge is -2.34. The summed E-state index contributed by atoms with van der Waals surface area (Å²) in [5.41, 5.74) is 1.22. The average molecular weight is 534 g/mol. The lowest BCUT2D eigenvalue weighted by Crippen LogP contribution is -2.48. The number of aryl methyl sites for hydroxylation is 1. The van der Waals surface area contributed by atoms with E-state index >= 15 is 0 Å². The second-order valence-corrected chi connectivity index (χ2v) is 11.7. The number of thiazole rings is 1. The minimum atomic E-state index is -3.69. The Bertz CT molecular complexity index is 1420. The third-order valence-electron chi connectivity index (χ3n) is 5.96. The van der Waals surface area contributed by atoms with Gasteiger partial charge in [0.05, 0.1) is 41.5 Å². The number of morpholine rings is 1. The van der Waals surface area contributed by atoms with E-state index in [4.69, 9.17) is 14.2 Å². The van der Waals surface area contributed by atoms with Crippen LogP contribution in [0.5, 0.6) is 11.5 Å². The molecule has 1 fully saturated rings. The summed E-state index contributed by atoms with van der Waals surface area (Å²) in [5, 5.41) is 0. The first-order valence-corrected chi connectivity index (χ1v) is 14.0. The topological polar surface area (TPSA) is 99.4 Å². The first-order valence-electron chi connectivity index (χ1n) is 11.8. The largest absolute Gasteiger partial charge is 0.493 e. The van der Waals surface area contributed by atoms with Crippen LogP contribution in [0.25, 0.3) is 10.2 Å². The summed E-state index contributed by atoms with van der Waals surface area (Å²) in [5.74, 6) is 0.767. The molecule has 194 valence electrons. The maximum absolute atomic E-state index is 13.1. The average Bonchev–Trinajstić information content (AvgIpc) is 3.18. The Hall–Kier alpha value is -2.73. The number of carbonyl (C=O) groups excluding carboxylic acids is 1. The lowest BCUT2D eigenvalue weighted by atomic mass is 10.2. The molecule has 1 amide bonds. The zero-order valence-electron chi connectivity index (χ0n) is 21.1. The molecule has 2 heterocycles. The molecule has 11 heteroatoms. The number of ether oxygens (including phenoxy) is 3. The number of aromatic nitrogens is 1. The van der Waals surface area contributed by atoms with Crippen molar-refractivity contribution in [1.82, 2.24) is 8.87 Å². The van der Waals surface area contributed by atoms with E-state index in [1.165, 1.54) is 39.9 Å². The van der Waals surface area contributed by atoms with Gasteiger partial charge in [-0.2, -0.15) is 9.30 Å². The van der Waals surface area contributed by atoms with Crippen molar-refractivity contribution in [3.8, 4) is 11.5 Å². The SMILES string of the molecule is CCCn1c(=NC(=O)c2ccc(S(=O)(=O)N3C[C@@H](C)O[C@H](C)C3)cc2)sc2cc(OC)c(OC)cc21. The maximum atomic E-state index is 13.1. The highest BCUT2D eigenvalue weighted by Crippen LogP contribution is 2.33. The number of methoxy groups -OCH3 is 2. The molecule has 0 saturated carbocycles. The van der Waals surface area contributed by atoms with Crippen LogP contribution < -0.4 is 14.3 Å². The van der Waals surface area contributed by atoms with Gasteiger partial charge in [0.15, 0.2) is 16.3 Å². The first-order chi connectivity index (χ1) is 17.2. The molecule has 9 nitrogen and oxygen atoms in total. The Morgan fingerprint density at radius 1 is 1.08 bits per heavy atom. The number of rotatable bonds is 7. The standard InChI is InChI=1S/C25H31N3O6S2/c1-6-11-28-20-12-21(32-4)22(33-5)13-23(20)35-25(28)26-24(29)18-7-9-19(10-8-18)36(30,31)27-14-16(2)34-17(3)15-27/h7-10,12-13,16-17H,6,11,14-15H2,1-5H3/t16-,17-/m1/s1. The number of benzene rings is 2. The second kappa shape index (κ2) is 10.7. The van der Waals surface area contributed by atoms with Gasteiger partial charge in [-0.05, 0) is 44.5 Å². The van der Waals surface area contributed by atoms with Crippen LogP contribution >= 0.6 is 11.3 Å². The third kappa shape index (κ3) is 5.19. The molecule has 1 aliphatic rings. The zero-order chi connectivity index (χ0) is 26.0. The van der Waals surface area contributed by atoms with Crippen molar-refractivity contribution in [3.63, 3.8) is 0 Å². The Balaban J connectivity index is 1.66. The molecule has 2 aromatic carbocycles. The first kappa shape index (κ1) is 26.3. The van der Waals surface area contributed by atoms with E-state index in [-0.39, 0.29) is 17.1 Å². The van der Waals surface area contributed by atoms with Crippen molar-refractivity contribution in [2.45, 2.75) is 50.8 Å². The molecule has 3 aromatic rings. The second-order valence-electron chi connectivity index (χ2n) is 8.73. The normalized spacial score (nSPS) is 19.5. The van der Waals surface area contributed by atoms with Gasteiger partial charge < -0.3 is 18.8 Å². The van der Waals surface area contributed by atoms with Crippen LogP contribution in [0.15, 0.2) is 46.3 Å². The van der Waals surface area contributed by atoms with Gasteiger partial charge in [0.2, 0.25) is 10.0 Å². The highest BCUT2D eigenvalue weighted by atomic mass is 32.2. The Morgan fingerprint density at radius 2 is 1.69 bits per heavy atom. The fourth-order valence-electron chi connectivity index (χ4n) is 4.32. The molecule has 0 radical (unpaired) electrons. The van der Waals surface area contributed by atoms with Gasteiger partial charge in [-0.15, -0.1) is 0 Å². The van der Waals surface area contributed by atoms with Crippen LogP contribution in [0.4, 0.5) is 0 Å². The summed E-state index contributed by atoms with van der Waals surface area (Å²) in [6.07, 6.45) is 0.492. The summed E-state index contributed by atoms with van der Waals surface area (Å²) in [7, 11) is -0.526. The summed E-state index contributed by atoms with van der Waals surface area (Å²) in [6, 6.07) is 9.71. The van der Waals surface area contributed by atoms with E-state index in [1.54, 1.807) is 14.2 Å². The predicted octanol–water partition coefficient (Wildman–Crippen LogP) is 3.67. The fraction of sp³-hybridized carbons (Fsp3) is 0.440. The molecular weight excluding hydrogens is 502 g/mol. The van der Waals surface area contributed by atoms with Gasteiger partial charge in [0, 0.05) is 37.3 Å². The predicted molar refractivity (Wildman–Crippen MR) is 138 cm³/mol. The smallest absolute Gasteiger partial charge is 0.279 e. The third-order valence-corrected chi connectivity index (χ3v) is 8.84. The van der Waals surface area contributed by atoms with Gasteiger partial charge in [-0.25, -0.2) is 8.42 Å². The summed E-state index contributed by atoms with van der Waals surface area (Å²) >= 11 is 1.39. The Kier molecular flexibility index (Phi) is 7.84. The molecule has 0 spiro atoms. The summed E-state index contributed by atoms with van der Waals surface area (Å²) in [4.78, 5) is 18.1. The number of nitrogens with zero attached hydrogens (tertiary/aromatic N) is 3. The van der Waals surface area contributed by atoms with Crippen LogP contribution in [-0.4, -0.2) is 62.7 Å². The van der Waals surface area contributed by atoms with E-state index in [2.05, 4.69) is 11.9 Å². The highest BCUT2D eigenvalue weighted by molar-refractivity contribution is 7.89. The van der Waals surface area contributed by atoms with Gasteiger partial charge in [-0.3, -0.25) is 4.79 Å². The van der Waals surface area contributed by atoms with Crippen molar-refractivity contribution in [2.75, 3.05) is 27.3 Å². The number of hydrogen-bond acceptors (Lipinski definition) is 7. The fourth-order valence-corrected chi connectivity index (χ4v) is 6.97. The molecule has 0 bridgehead atoms. The van der Waals surface area contributed by atoms with Crippen LogP contribution in [0.2, 0.25) is 0 Å². The lowest BCUT2D eigenvalue weighted by molar-refractivity contribution is -0.0440. The molecule has 1 saturated heterocycles. The monoisotopic (exact) mass is 533 g/mol. The van der Waals surface area contributed by atoms with E-state index in [9.17, 15) is 13.2 Å². The van der Waals surface area contributed by atoms with Crippen molar-refractivity contribution >= 4 is 37.5 Å². The van der Waals surface area contributed by atoms with Gasteiger partial charge in [-0.1, -0.05) is 18.3 Å².